The fourth-order valence-corrected chi connectivity index (χ4v) is 3.84. The van der Waals surface area contributed by atoms with Crippen molar-refractivity contribution in [2.75, 3.05) is 17.3 Å². The van der Waals surface area contributed by atoms with Crippen LogP contribution in [0.3, 0.4) is 0 Å². The Morgan fingerprint density at radius 1 is 0.628 bits per heavy atom. The Balaban J connectivity index is 2.17. The van der Waals surface area contributed by atoms with E-state index in [1.54, 1.807) is 6.07 Å². The summed E-state index contributed by atoms with van der Waals surface area (Å²) in [5, 5.41) is 1.22. The molecule has 4 nitrogen and oxygen atoms in total. The molecular weight excluding hydrogens is 619 g/mol. The van der Waals surface area contributed by atoms with Gasteiger partial charge in [-0.15, -0.1) is 0 Å². The first-order valence-electron chi connectivity index (χ1n) is 11.4. The fraction of sp³-hybridized carbons (Fsp3) is 0.231. The van der Waals surface area contributed by atoms with Crippen LogP contribution in [0.25, 0.3) is 0 Å². The van der Waals surface area contributed by atoms with E-state index in [0.29, 0.717) is 0 Å². The van der Waals surface area contributed by atoms with Crippen LogP contribution < -0.4 is 10.2 Å². The number of nitrogens with zero attached hydrogens (tertiary/aromatic N) is 1. The standard InChI is InChI=1S/C26H15F13N2O2/c1-41(21(43)13-6-3-2-4-7-13)16-9-5-8-14(10-16)20(42)40-19-17(23(28,29)30)11-15(12-18(19)24(31,32)33)22(27,25(34,35)36)26(37,38)39/h2-12H,1H3,(H,40,42). The number of benzene rings is 3. The van der Waals surface area contributed by atoms with Crippen molar-refractivity contribution in [3.8, 4) is 0 Å². The number of hydrogen-bond acceptors (Lipinski definition) is 2. The molecule has 0 bridgehead atoms. The Morgan fingerprint density at radius 3 is 1.53 bits per heavy atom. The van der Waals surface area contributed by atoms with Gasteiger partial charge < -0.3 is 10.2 Å². The van der Waals surface area contributed by atoms with Gasteiger partial charge in [-0.1, -0.05) is 24.3 Å². The zero-order chi connectivity index (χ0) is 32.8. The van der Waals surface area contributed by atoms with Crippen LogP contribution in [0, 0.1) is 0 Å². The highest BCUT2D eigenvalue weighted by atomic mass is 19.4. The minimum Gasteiger partial charge on any atom is -0.321 e. The van der Waals surface area contributed by atoms with Crippen LogP contribution in [-0.2, 0) is 18.0 Å². The van der Waals surface area contributed by atoms with Crippen LogP contribution in [0.4, 0.5) is 68.5 Å². The van der Waals surface area contributed by atoms with Gasteiger partial charge in [-0.3, -0.25) is 9.59 Å². The van der Waals surface area contributed by atoms with Crippen LogP contribution in [0.2, 0.25) is 0 Å². The number of nitrogens with one attached hydrogen (secondary N) is 1. The summed E-state index contributed by atoms with van der Waals surface area (Å²) in [4.78, 5) is 26.4. The molecule has 0 radical (unpaired) electrons. The molecule has 0 aliphatic rings. The lowest BCUT2D eigenvalue weighted by atomic mass is 9.89. The molecule has 3 aromatic rings. The fourth-order valence-electron chi connectivity index (χ4n) is 3.84. The second kappa shape index (κ2) is 11.1. The Morgan fingerprint density at radius 2 is 1.09 bits per heavy atom. The minimum atomic E-state index is -7.04. The van der Waals surface area contributed by atoms with Crippen molar-refractivity contribution in [3.63, 3.8) is 0 Å². The lowest BCUT2D eigenvalue weighted by Crippen LogP contribution is -2.50. The molecule has 0 aliphatic heterocycles. The lowest BCUT2D eigenvalue weighted by molar-refractivity contribution is -0.348. The lowest BCUT2D eigenvalue weighted by Gasteiger charge is -2.32. The normalized spacial score (nSPS) is 13.1. The summed E-state index contributed by atoms with van der Waals surface area (Å²) >= 11 is 0. The van der Waals surface area contributed by atoms with E-state index in [1.165, 1.54) is 42.7 Å². The number of carbonyl (C=O) groups is 2. The molecule has 0 saturated carbocycles. The number of amides is 2. The second-order valence-corrected chi connectivity index (χ2v) is 8.83. The molecule has 1 N–H and O–H groups in total. The van der Waals surface area contributed by atoms with Gasteiger partial charge in [0.25, 0.3) is 11.8 Å². The Hall–Kier alpha value is -4.31. The molecule has 43 heavy (non-hydrogen) atoms. The van der Waals surface area contributed by atoms with Crippen molar-refractivity contribution >= 4 is 23.2 Å². The van der Waals surface area contributed by atoms with E-state index < -0.39 is 82.3 Å². The van der Waals surface area contributed by atoms with Gasteiger partial charge in [0.2, 0.25) is 0 Å². The maximum absolute atomic E-state index is 14.5. The first-order valence-corrected chi connectivity index (χ1v) is 11.4. The van der Waals surface area contributed by atoms with Crippen molar-refractivity contribution in [1.82, 2.24) is 0 Å². The Kier molecular flexibility index (Phi) is 8.55. The van der Waals surface area contributed by atoms with E-state index in [1.807, 2.05) is 0 Å². The summed E-state index contributed by atoms with van der Waals surface area (Å²) in [7, 11) is 1.22. The van der Waals surface area contributed by atoms with Gasteiger partial charge in [0.15, 0.2) is 0 Å². The summed E-state index contributed by atoms with van der Waals surface area (Å²) in [5.41, 5.74) is -18.3. The van der Waals surface area contributed by atoms with Crippen molar-refractivity contribution in [2.24, 2.45) is 0 Å². The van der Waals surface area contributed by atoms with E-state index in [0.717, 1.165) is 23.1 Å². The first-order chi connectivity index (χ1) is 19.5. The minimum absolute atomic E-state index is 0.0819. The molecule has 0 unspecified atom stereocenters. The number of rotatable bonds is 5. The van der Waals surface area contributed by atoms with Crippen molar-refractivity contribution < 1.29 is 66.7 Å². The molecule has 0 atom stereocenters. The summed E-state index contributed by atoms with van der Waals surface area (Å²) in [6.07, 6.45) is -26.3. The zero-order valence-corrected chi connectivity index (χ0v) is 21.0. The number of anilines is 2. The summed E-state index contributed by atoms with van der Waals surface area (Å²) in [5.74, 6) is -2.37. The van der Waals surface area contributed by atoms with Crippen molar-refractivity contribution in [3.05, 3.63) is 94.5 Å². The predicted octanol–water partition coefficient (Wildman–Crippen LogP) is 8.54. The van der Waals surface area contributed by atoms with Crippen LogP contribution in [0.1, 0.15) is 37.4 Å². The molecule has 3 rings (SSSR count). The third-order valence-electron chi connectivity index (χ3n) is 5.99. The monoisotopic (exact) mass is 634 g/mol. The quantitative estimate of drug-likeness (QED) is 0.286. The van der Waals surface area contributed by atoms with E-state index in [-0.39, 0.29) is 11.3 Å². The van der Waals surface area contributed by atoms with Gasteiger partial charge in [0.1, 0.15) is 0 Å². The van der Waals surface area contributed by atoms with Gasteiger partial charge in [-0.2, -0.15) is 52.7 Å². The highest BCUT2D eigenvalue weighted by molar-refractivity contribution is 6.08. The number of alkyl halides is 13. The highest BCUT2D eigenvalue weighted by Crippen LogP contribution is 2.55. The van der Waals surface area contributed by atoms with Gasteiger partial charge in [0, 0.05) is 29.4 Å². The van der Waals surface area contributed by atoms with Gasteiger partial charge in [-0.05, 0) is 42.5 Å². The van der Waals surface area contributed by atoms with Crippen molar-refractivity contribution in [2.45, 2.75) is 30.4 Å². The molecule has 0 heterocycles. The van der Waals surface area contributed by atoms with E-state index in [2.05, 4.69) is 0 Å². The van der Waals surface area contributed by atoms with Gasteiger partial charge in [0.05, 0.1) is 16.8 Å². The summed E-state index contributed by atoms with van der Waals surface area (Å²) in [6.45, 7) is 0. The topological polar surface area (TPSA) is 49.4 Å². The Labute approximate surface area is 232 Å². The van der Waals surface area contributed by atoms with Gasteiger partial charge >= 0.3 is 30.4 Å². The van der Waals surface area contributed by atoms with Crippen LogP contribution in [-0.4, -0.2) is 31.2 Å². The molecule has 17 heteroatoms. The average Bonchev–Trinajstić information content (AvgIpc) is 2.89. The van der Waals surface area contributed by atoms with Crippen LogP contribution >= 0.6 is 0 Å². The molecule has 232 valence electrons. The molecule has 3 aromatic carbocycles. The third kappa shape index (κ3) is 6.54. The number of carbonyl (C=O) groups excluding carboxylic acids is 2. The SMILES string of the molecule is CN(C(=O)c1ccccc1)c1cccc(C(=O)Nc2c(C(F)(F)F)cc(C(F)(C(F)(F)F)C(F)(F)F)cc2C(F)(F)F)c1. The third-order valence-corrected chi connectivity index (χ3v) is 5.99. The van der Waals surface area contributed by atoms with Crippen LogP contribution in [0.15, 0.2) is 66.7 Å². The Bertz CT molecular complexity index is 1460. The first kappa shape index (κ1) is 33.2. The van der Waals surface area contributed by atoms with Gasteiger partial charge in [-0.25, -0.2) is 4.39 Å². The molecule has 0 aliphatic carbocycles. The second-order valence-electron chi connectivity index (χ2n) is 8.83. The van der Waals surface area contributed by atoms with Crippen LogP contribution in [0.5, 0.6) is 0 Å². The zero-order valence-electron chi connectivity index (χ0n) is 21.0. The maximum Gasteiger partial charge on any atom is 0.435 e. The molecule has 0 saturated heterocycles. The van der Waals surface area contributed by atoms with E-state index in [4.69, 9.17) is 0 Å². The summed E-state index contributed by atoms with van der Waals surface area (Å²) < 4.78 is 176. The van der Waals surface area contributed by atoms with Crippen molar-refractivity contribution in [1.29, 1.82) is 0 Å². The van der Waals surface area contributed by atoms with E-state index in [9.17, 15) is 66.7 Å². The largest absolute Gasteiger partial charge is 0.435 e. The average molecular weight is 634 g/mol. The molecule has 2 amide bonds. The highest BCUT2D eigenvalue weighted by Gasteiger charge is 2.74. The predicted molar refractivity (Wildman–Crippen MR) is 125 cm³/mol. The summed E-state index contributed by atoms with van der Waals surface area (Å²) in [6, 6.07) is 9.33. The number of halogens is 13. The number of hydrogen-bond donors (Lipinski definition) is 1. The molecular formula is C26H15F13N2O2. The maximum atomic E-state index is 14.5. The smallest absolute Gasteiger partial charge is 0.321 e. The molecule has 0 fully saturated rings. The van der Waals surface area contributed by atoms with E-state index >= 15 is 0 Å². The molecule has 0 spiro atoms. The molecule has 0 aromatic heterocycles.